The largest absolute Gasteiger partial charge is 0.497 e. The third-order valence-corrected chi connectivity index (χ3v) is 3.44. The first-order chi connectivity index (χ1) is 9.19. The van der Waals surface area contributed by atoms with Crippen LogP contribution in [0.2, 0.25) is 5.02 Å². The first kappa shape index (κ1) is 12.1. The molecule has 3 nitrogen and oxygen atoms in total. The number of rotatable bonds is 2. The molecule has 0 fully saturated rings. The Morgan fingerprint density at radius 3 is 2.53 bits per heavy atom. The highest BCUT2D eigenvalue weighted by molar-refractivity contribution is 6.30. The van der Waals surface area contributed by atoms with Gasteiger partial charge >= 0.3 is 0 Å². The van der Waals surface area contributed by atoms with Gasteiger partial charge in [0.05, 0.1) is 18.1 Å². The number of aryl methyl sites for hydroxylation is 1. The number of halogens is 1. The fraction of sp³-hybridized carbons (Fsp3) is 0.133. The van der Waals surface area contributed by atoms with Gasteiger partial charge in [-0.15, -0.1) is 0 Å². The number of nitrogens with zero attached hydrogens (tertiary/aromatic N) is 2. The molecule has 0 atom stereocenters. The smallest absolute Gasteiger partial charge is 0.140 e. The zero-order valence-corrected chi connectivity index (χ0v) is 11.5. The average Bonchev–Trinajstić information content (AvgIpc) is 2.76. The quantitative estimate of drug-likeness (QED) is 0.707. The summed E-state index contributed by atoms with van der Waals surface area (Å²) in [5, 5.41) is 0.726. The maximum atomic E-state index is 5.91. The molecule has 3 aromatic rings. The maximum absolute atomic E-state index is 5.91. The maximum Gasteiger partial charge on any atom is 0.140 e. The van der Waals surface area contributed by atoms with Gasteiger partial charge in [0, 0.05) is 23.7 Å². The lowest BCUT2D eigenvalue weighted by molar-refractivity contribution is 0.415. The summed E-state index contributed by atoms with van der Waals surface area (Å²) in [4.78, 5) is 4.66. The molecule has 2 aromatic carbocycles. The number of methoxy groups -OCH3 is 1. The van der Waals surface area contributed by atoms with Crippen LogP contribution in [0.1, 0.15) is 0 Å². The van der Waals surface area contributed by atoms with Crippen molar-refractivity contribution in [1.82, 2.24) is 9.55 Å². The van der Waals surface area contributed by atoms with Gasteiger partial charge in [-0.1, -0.05) is 11.6 Å². The standard InChI is InChI=1S/C15H13ClN2O/c1-18-14-8-7-12(19-2)9-13(14)17-15(18)10-3-5-11(16)6-4-10/h3-9H,1-2H3. The molecule has 19 heavy (non-hydrogen) atoms. The van der Waals surface area contributed by atoms with E-state index >= 15 is 0 Å². The molecule has 0 aliphatic carbocycles. The minimum atomic E-state index is 0.726. The van der Waals surface area contributed by atoms with E-state index < -0.39 is 0 Å². The summed E-state index contributed by atoms with van der Waals surface area (Å²) in [6.45, 7) is 0. The highest BCUT2D eigenvalue weighted by atomic mass is 35.5. The van der Waals surface area contributed by atoms with Crippen LogP contribution in [-0.2, 0) is 7.05 Å². The third-order valence-electron chi connectivity index (χ3n) is 3.19. The molecule has 0 spiro atoms. The second-order valence-corrected chi connectivity index (χ2v) is 4.79. The summed E-state index contributed by atoms with van der Waals surface area (Å²) in [5.74, 6) is 1.73. The van der Waals surface area contributed by atoms with Crippen LogP contribution in [0.5, 0.6) is 5.75 Å². The van der Waals surface area contributed by atoms with Crippen LogP contribution in [0.3, 0.4) is 0 Å². The molecule has 4 heteroatoms. The van der Waals surface area contributed by atoms with Gasteiger partial charge in [-0.3, -0.25) is 0 Å². The van der Waals surface area contributed by atoms with Crippen molar-refractivity contribution in [3.63, 3.8) is 0 Å². The summed E-state index contributed by atoms with van der Waals surface area (Å²) in [7, 11) is 3.66. The molecule has 0 saturated carbocycles. The Labute approximate surface area is 116 Å². The molecule has 0 radical (unpaired) electrons. The van der Waals surface area contributed by atoms with Gasteiger partial charge in [0.25, 0.3) is 0 Å². The molecule has 0 unspecified atom stereocenters. The van der Waals surface area contributed by atoms with Gasteiger partial charge in [0.15, 0.2) is 0 Å². The summed E-state index contributed by atoms with van der Waals surface area (Å²) in [6, 6.07) is 13.6. The molecule has 0 aliphatic rings. The Kier molecular flexibility index (Phi) is 2.91. The van der Waals surface area contributed by atoms with E-state index in [0.29, 0.717) is 0 Å². The number of hydrogen-bond acceptors (Lipinski definition) is 2. The minimum absolute atomic E-state index is 0.726. The minimum Gasteiger partial charge on any atom is -0.497 e. The molecule has 0 bridgehead atoms. The van der Waals surface area contributed by atoms with Crippen molar-refractivity contribution in [3.05, 3.63) is 47.5 Å². The second kappa shape index (κ2) is 4.59. The van der Waals surface area contributed by atoms with Gasteiger partial charge in [-0.2, -0.15) is 0 Å². The average molecular weight is 273 g/mol. The number of aromatic nitrogens is 2. The number of benzene rings is 2. The molecule has 0 amide bonds. The van der Waals surface area contributed by atoms with Crippen molar-refractivity contribution < 1.29 is 4.74 Å². The molecular formula is C15H13ClN2O. The first-order valence-corrected chi connectivity index (χ1v) is 6.33. The van der Waals surface area contributed by atoms with Gasteiger partial charge in [0.1, 0.15) is 11.6 Å². The Morgan fingerprint density at radius 2 is 1.84 bits per heavy atom. The van der Waals surface area contributed by atoms with E-state index in [9.17, 15) is 0 Å². The van der Waals surface area contributed by atoms with Crippen LogP contribution in [0, 0.1) is 0 Å². The van der Waals surface area contributed by atoms with Crippen molar-refractivity contribution in [1.29, 1.82) is 0 Å². The zero-order valence-electron chi connectivity index (χ0n) is 10.7. The second-order valence-electron chi connectivity index (χ2n) is 4.36. The Bertz CT molecular complexity index is 732. The molecule has 96 valence electrons. The van der Waals surface area contributed by atoms with E-state index in [-0.39, 0.29) is 0 Å². The highest BCUT2D eigenvalue weighted by Gasteiger charge is 2.10. The van der Waals surface area contributed by atoms with Gasteiger partial charge in [-0.25, -0.2) is 4.98 Å². The van der Waals surface area contributed by atoms with E-state index in [4.69, 9.17) is 16.3 Å². The highest BCUT2D eigenvalue weighted by Crippen LogP contribution is 2.27. The molecule has 0 N–H and O–H groups in total. The lowest BCUT2D eigenvalue weighted by Gasteiger charge is -2.02. The number of ether oxygens (including phenoxy) is 1. The van der Waals surface area contributed by atoms with E-state index in [2.05, 4.69) is 9.55 Å². The van der Waals surface area contributed by atoms with E-state index in [0.717, 1.165) is 33.2 Å². The monoisotopic (exact) mass is 272 g/mol. The third kappa shape index (κ3) is 2.06. The SMILES string of the molecule is COc1ccc2c(c1)nc(-c1ccc(Cl)cc1)n2C. The fourth-order valence-electron chi connectivity index (χ4n) is 2.16. The molecule has 3 rings (SSSR count). The molecule has 0 saturated heterocycles. The van der Waals surface area contributed by atoms with Gasteiger partial charge in [0.2, 0.25) is 0 Å². The van der Waals surface area contributed by atoms with Crippen LogP contribution in [0.15, 0.2) is 42.5 Å². The Morgan fingerprint density at radius 1 is 1.11 bits per heavy atom. The number of imidazole rings is 1. The predicted octanol–water partition coefficient (Wildman–Crippen LogP) is 3.90. The summed E-state index contributed by atoms with van der Waals surface area (Å²) in [5.41, 5.74) is 3.04. The first-order valence-electron chi connectivity index (χ1n) is 5.95. The number of fused-ring (bicyclic) bond motifs is 1. The summed E-state index contributed by atoms with van der Waals surface area (Å²) in [6.07, 6.45) is 0. The van der Waals surface area contributed by atoms with Crippen LogP contribution >= 0.6 is 11.6 Å². The van der Waals surface area contributed by atoms with Crippen molar-refractivity contribution in [2.24, 2.45) is 7.05 Å². The lowest BCUT2D eigenvalue weighted by atomic mass is 10.2. The van der Waals surface area contributed by atoms with Crippen LogP contribution in [-0.4, -0.2) is 16.7 Å². The topological polar surface area (TPSA) is 27.1 Å². The Hall–Kier alpha value is -2.00. The van der Waals surface area contributed by atoms with E-state index in [1.54, 1.807) is 7.11 Å². The van der Waals surface area contributed by atoms with Gasteiger partial charge < -0.3 is 9.30 Å². The normalized spacial score (nSPS) is 10.9. The molecule has 1 heterocycles. The van der Waals surface area contributed by atoms with Crippen LogP contribution in [0.25, 0.3) is 22.4 Å². The fourth-order valence-corrected chi connectivity index (χ4v) is 2.29. The van der Waals surface area contributed by atoms with E-state index in [1.165, 1.54) is 0 Å². The Balaban J connectivity index is 2.19. The summed E-state index contributed by atoms with van der Waals surface area (Å²) < 4.78 is 7.29. The van der Waals surface area contributed by atoms with Crippen molar-refractivity contribution in [2.75, 3.05) is 7.11 Å². The molecular weight excluding hydrogens is 260 g/mol. The van der Waals surface area contributed by atoms with Gasteiger partial charge in [-0.05, 0) is 36.4 Å². The number of hydrogen-bond donors (Lipinski definition) is 0. The van der Waals surface area contributed by atoms with Crippen molar-refractivity contribution >= 4 is 22.6 Å². The van der Waals surface area contributed by atoms with Crippen LogP contribution < -0.4 is 4.74 Å². The summed E-state index contributed by atoms with van der Waals surface area (Å²) >= 11 is 5.91. The molecule has 1 aromatic heterocycles. The van der Waals surface area contributed by atoms with Crippen molar-refractivity contribution in [2.45, 2.75) is 0 Å². The predicted molar refractivity (Wildman–Crippen MR) is 77.7 cm³/mol. The zero-order chi connectivity index (χ0) is 13.4. The van der Waals surface area contributed by atoms with Crippen molar-refractivity contribution in [3.8, 4) is 17.1 Å². The van der Waals surface area contributed by atoms with E-state index in [1.807, 2.05) is 49.5 Å². The van der Waals surface area contributed by atoms with Crippen LogP contribution in [0.4, 0.5) is 0 Å². The lowest BCUT2D eigenvalue weighted by Crippen LogP contribution is -1.92. The molecule has 0 aliphatic heterocycles.